The Labute approximate surface area is 177 Å². The fourth-order valence-corrected chi connectivity index (χ4v) is 4.00. The number of aromatic nitrogens is 3. The van der Waals surface area contributed by atoms with E-state index >= 15 is 0 Å². The van der Waals surface area contributed by atoms with Crippen LogP contribution in [0.3, 0.4) is 0 Å². The lowest BCUT2D eigenvalue weighted by Gasteiger charge is -2.26. The van der Waals surface area contributed by atoms with Crippen LogP contribution in [0.25, 0.3) is 16.6 Å². The molecule has 0 atom stereocenters. The summed E-state index contributed by atoms with van der Waals surface area (Å²) in [5.74, 6) is -1.04. The predicted molar refractivity (Wildman–Crippen MR) is 112 cm³/mol. The van der Waals surface area contributed by atoms with E-state index in [1.165, 1.54) is 17.9 Å². The third-order valence-electron chi connectivity index (χ3n) is 5.59. The van der Waals surface area contributed by atoms with Gasteiger partial charge in [0.1, 0.15) is 11.5 Å². The molecule has 8 heteroatoms. The molecule has 0 spiro atoms. The van der Waals surface area contributed by atoms with Crippen molar-refractivity contribution in [3.63, 3.8) is 0 Å². The summed E-state index contributed by atoms with van der Waals surface area (Å²) in [5, 5.41) is 5.18. The number of halogens is 1. The quantitative estimate of drug-likeness (QED) is 0.517. The number of aromatic amines is 1. The first-order chi connectivity index (χ1) is 15.0. The molecule has 1 amide bonds. The van der Waals surface area contributed by atoms with Gasteiger partial charge < -0.3 is 14.6 Å². The van der Waals surface area contributed by atoms with Gasteiger partial charge in [0.15, 0.2) is 5.69 Å². The van der Waals surface area contributed by atoms with Crippen molar-refractivity contribution < 1.29 is 18.7 Å². The number of nitrogens with zero attached hydrogens (tertiary/aromatic N) is 3. The number of esters is 1. The zero-order chi connectivity index (χ0) is 21.5. The summed E-state index contributed by atoms with van der Waals surface area (Å²) in [7, 11) is 1.35. The van der Waals surface area contributed by atoms with E-state index in [9.17, 15) is 14.0 Å². The van der Waals surface area contributed by atoms with E-state index < -0.39 is 11.8 Å². The van der Waals surface area contributed by atoms with E-state index in [1.807, 2.05) is 6.07 Å². The van der Waals surface area contributed by atoms with Gasteiger partial charge in [0.05, 0.1) is 12.7 Å². The van der Waals surface area contributed by atoms with Crippen LogP contribution >= 0.6 is 0 Å². The minimum atomic E-state index is -0.410. The number of hydrogen-bond donors (Lipinski definition) is 1. The molecule has 0 aliphatic carbocycles. The number of rotatable bonds is 3. The molecule has 2 aromatic heterocycles. The van der Waals surface area contributed by atoms with Crippen molar-refractivity contribution >= 4 is 22.8 Å². The molecular formula is C23H19FN4O3. The van der Waals surface area contributed by atoms with Gasteiger partial charge in [-0.1, -0.05) is 12.1 Å². The maximum Gasteiger partial charge on any atom is 0.337 e. The van der Waals surface area contributed by atoms with Crippen molar-refractivity contribution in [3.05, 3.63) is 83.1 Å². The maximum atomic E-state index is 14.0. The van der Waals surface area contributed by atoms with E-state index in [-0.39, 0.29) is 17.3 Å². The maximum absolute atomic E-state index is 14.0. The van der Waals surface area contributed by atoms with Crippen LogP contribution in [0.4, 0.5) is 4.39 Å². The first-order valence-corrected chi connectivity index (χ1v) is 9.87. The van der Waals surface area contributed by atoms with E-state index in [2.05, 4.69) is 10.1 Å². The number of fused-ring (bicyclic) bond motifs is 3. The van der Waals surface area contributed by atoms with Crippen molar-refractivity contribution in [1.29, 1.82) is 0 Å². The Hall–Kier alpha value is -3.94. The topological polar surface area (TPSA) is 80.2 Å². The number of carbonyl (C=O) groups excluding carboxylic acids is 2. The molecule has 2 aromatic carbocycles. The van der Waals surface area contributed by atoms with Crippen molar-refractivity contribution in [2.75, 3.05) is 13.7 Å². The summed E-state index contributed by atoms with van der Waals surface area (Å²) < 4.78 is 20.2. The summed E-state index contributed by atoms with van der Waals surface area (Å²) in [6.45, 7) is 0.931. The molecule has 7 nitrogen and oxygen atoms in total. The Balaban J connectivity index is 1.43. The Bertz CT molecular complexity index is 1320. The number of methoxy groups -OCH3 is 1. The highest BCUT2D eigenvalue weighted by Gasteiger charge is 2.26. The molecular weight excluding hydrogens is 399 g/mol. The highest BCUT2D eigenvalue weighted by molar-refractivity contribution is 5.97. The molecule has 0 bridgehead atoms. The lowest BCUT2D eigenvalue weighted by molar-refractivity contribution is 0.0600. The molecule has 4 aromatic rings. The monoisotopic (exact) mass is 418 g/mol. The third kappa shape index (κ3) is 3.26. The third-order valence-corrected chi connectivity index (χ3v) is 5.59. The second kappa shape index (κ2) is 7.39. The Kier molecular flexibility index (Phi) is 4.54. The Morgan fingerprint density at radius 1 is 1.16 bits per heavy atom. The Morgan fingerprint density at radius 2 is 2.00 bits per heavy atom. The molecule has 0 fully saturated rings. The number of carbonyl (C=O) groups is 2. The summed E-state index contributed by atoms with van der Waals surface area (Å²) in [6, 6.07) is 13.2. The van der Waals surface area contributed by atoms with E-state index in [4.69, 9.17) is 4.74 Å². The van der Waals surface area contributed by atoms with Gasteiger partial charge in [0.2, 0.25) is 0 Å². The molecule has 0 unspecified atom stereocenters. The van der Waals surface area contributed by atoms with Gasteiger partial charge in [-0.15, -0.1) is 0 Å². The first kappa shape index (κ1) is 19.0. The smallest absolute Gasteiger partial charge is 0.337 e. The molecule has 0 saturated heterocycles. The zero-order valence-corrected chi connectivity index (χ0v) is 16.8. The van der Waals surface area contributed by atoms with Crippen LogP contribution in [0.15, 0.2) is 54.7 Å². The highest BCUT2D eigenvalue weighted by Crippen LogP contribution is 2.29. The van der Waals surface area contributed by atoms with Crippen LogP contribution < -0.4 is 0 Å². The lowest BCUT2D eigenvalue weighted by Crippen LogP contribution is -2.36. The molecule has 156 valence electrons. The number of amides is 1. The largest absolute Gasteiger partial charge is 0.465 e. The average molecular weight is 418 g/mol. The van der Waals surface area contributed by atoms with Crippen LogP contribution in [0, 0.1) is 5.82 Å². The summed E-state index contributed by atoms with van der Waals surface area (Å²) in [4.78, 5) is 30.1. The molecule has 1 N–H and O–H groups in total. The van der Waals surface area contributed by atoms with Gasteiger partial charge in [-0.3, -0.25) is 4.79 Å². The second-order valence-corrected chi connectivity index (χ2v) is 7.41. The van der Waals surface area contributed by atoms with Crippen molar-refractivity contribution in [2.45, 2.75) is 13.0 Å². The standard InChI is InChI=1S/C23H19FN4O3/c1-31-23(30)14-6-7-18-15(12-14)16-13-27(10-8-19(16)25-18)22(29)20-9-11-28(26-20)21-5-3-2-4-17(21)24/h2-7,9,11-12,25H,8,10,13H2,1H3. The predicted octanol–water partition coefficient (Wildman–Crippen LogP) is 3.48. The first-order valence-electron chi connectivity index (χ1n) is 9.87. The number of hydrogen-bond acceptors (Lipinski definition) is 4. The van der Waals surface area contributed by atoms with Gasteiger partial charge in [-0.25, -0.2) is 13.9 Å². The lowest BCUT2D eigenvalue weighted by atomic mass is 10.0. The minimum absolute atomic E-state index is 0.223. The Morgan fingerprint density at radius 3 is 2.81 bits per heavy atom. The van der Waals surface area contributed by atoms with Crippen molar-refractivity contribution in [2.24, 2.45) is 0 Å². The second-order valence-electron chi connectivity index (χ2n) is 7.41. The number of para-hydroxylation sites is 1. The molecule has 5 rings (SSSR count). The van der Waals surface area contributed by atoms with Crippen LogP contribution in [0.1, 0.15) is 32.1 Å². The number of nitrogens with one attached hydrogen (secondary N) is 1. The summed E-state index contributed by atoms with van der Waals surface area (Å²) in [5.41, 5.74) is 3.95. The highest BCUT2D eigenvalue weighted by atomic mass is 19.1. The van der Waals surface area contributed by atoms with E-state index in [0.29, 0.717) is 25.1 Å². The van der Waals surface area contributed by atoms with E-state index in [1.54, 1.807) is 47.5 Å². The SMILES string of the molecule is COC(=O)c1ccc2[nH]c3c(c2c1)CN(C(=O)c1ccn(-c2ccccc2F)n1)CC3. The van der Waals surface area contributed by atoms with Crippen molar-refractivity contribution in [1.82, 2.24) is 19.7 Å². The minimum Gasteiger partial charge on any atom is -0.465 e. The number of benzene rings is 2. The molecule has 1 aliphatic heterocycles. The average Bonchev–Trinajstić information content (AvgIpc) is 3.42. The normalized spacial score (nSPS) is 13.3. The molecule has 3 heterocycles. The summed E-state index contributed by atoms with van der Waals surface area (Å²) >= 11 is 0. The van der Waals surface area contributed by atoms with Crippen LogP contribution in [0.2, 0.25) is 0 Å². The van der Waals surface area contributed by atoms with Crippen LogP contribution in [-0.2, 0) is 17.7 Å². The summed E-state index contributed by atoms with van der Waals surface area (Å²) in [6.07, 6.45) is 2.24. The van der Waals surface area contributed by atoms with Crippen LogP contribution in [-0.4, -0.2) is 45.2 Å². The molecule has 1 aliphatic rings. The van der Waals surface area contributed by atoms with Gasteiger partial charge in [-0.05, 0) is 36.4 Å². The van der Waals surface area contributed by atoms with Gasteiger partial charge in [0, 0.05) is 47.9 Å². The molecule has 31 heavy (non-hydrogen) atoms. The molecule has 0 radical (unpaired) electrons. The fraction of sp³-hybridized carbons (Fsp3) is 0.174. The fourth-order valence-electron chi connectivity index (χ4n) is 4.00. The van der Waals surface area contributed by atoms with Crippen LogP contribution in [0.5, 0.6) is 0 Å². The van der Waals surface area contributed by atoms with Gasteiger partial charge in [0.25, 0.3) is 5.91 Å². The van der Waals surface area contributed by atoms with Crippen molar-refractivity contribution in [3.8, 4) is 5.69 Å². The molecule has 0 saturated carbocycles. The zero-order valence-electron chi connectivity index (χ0n) is 16.8. The van der Waals surface area contributed by atoms with Gasteiger partial charge >= 0.3 is 5.97 Å². The number of H-pyrrole nitrogens is 1. The van der Waals surface area contributed by atoms with E-state index in [0.717, 1.165) is 22.2 Å². The number of ether oxygens (including phenoxy) is 1. The van der Waals surface area contributed by atoms with Gasteiger partial charge in [-0.2, -0.15) is 5.10 Å².